The fraction of sp³-hybridized carbons (Fsp3) is 0.892. The predicted molar refractivity (Wildman–Crippen MR) is 352 cm³/mol. The minimum atomic E-state index is -0.845. The van der Waals surface area contributed by atoms with Gasteiger partial charge >= 0.3 is 5.97 Å². The highest BCUT2D eigenvalue weighted by Crippen LogP contribution is 2.19. The van der Waals surface area contributed by atoms with Crippen molar-refractivity contribution in [1.29, 1.82) is 0 Å². The zero-order chi connectivity index (χ0) is 57.8. The van der Waals surface area contributed by atoms with E-state index in [1.54, 1.807) is 6.08 Å². The van der Waals surface area contributed by atoms with Gasteiger partial charge in [0, 0.05) is 12.8 Å². The summed E-state index contributed by atoms with van der Waals surface area (Å²) in [5, 5.41) is 23.2. The Labute approximate surface area is 500 Å². The van der Waals surface area contributed by atoms with E-state index >= 15 is 0 Å². The maximum atomic E-state index is 12.5. The molecule has 0 heterocycles. The van der Waals surface area contributed by atoms with Gasteiger partial charge in [0.05, 0.1) is 25.4 Å². The zero-order valence-electron chi connectivity index (χ0n) is 54.1. The molecule has 472 valence electrons. The van der Waals surface area contributed by atoms with Crippen molar-refractivity contribution in [1.82, 2.24) is 5.32 Å². The predicted octanol–water partition coefficient (Wildman–Crippen LogP) is 23.5. The smallest absolute Gasteiger partial charge is 0.305 e. The van der Waals surface area contributed by atoms with Crippen LogP contribution in [-0.2, 0) is 14.3 Å². The third-order valence-corrected chi connectivity index (χ3v) is 16.9. The molecule has 0 saturated carbocycles. The number of hydrogen-bond donors (Lipinski definition) is 3. The second-order valence-electron chi connectivity index (χ2n) is 24.9. The molecule has 0 aliphatic carbocycles. The van der Waals surface area contributed by atoms with E-state index in [1.165, 1.54) is 327 Å². The molecular weight excluding hydrogens is 983 g/mol. The molecule has 1 amide bonds. The standard InChI is InChI=1S/C74H141NO5/c1-3-5-7-9-11-13-15-17-19-21-36-40-44-48-52-56-60-64-68-74(79)80-69-65-61-57-53-49-45-41-37-34-32-30-28-26-24-22-23-25-27-29-31-33-35-39-43-47-51-55-59-63-67-73(78)75-71(70-76)72(77)66-62-58-54-50-46-42-38-20-18-16-14-12-10-8-6-4-2/h22,24,28,30,62,66,71-72,76-77H,3-21,23,25-27,29,31-61,63-65,67-70H2,1-2H3,(H,75,78)/b24-22-,30-28-,66-62+. The van der Waals surface area contributed by atoms with Crippen LogP contribution in [0.1, 0.15) is 399 Å². The van der Waals surface area contributed by atoms with E-state index in [-0.39, 0.29) is 18.5 Å². The molecule has 2 atom stereocenters. The number of ether oxygens (including phenoxy) is 1. The third kappa shape index (κ3) is 65.2. The summed E-state index contributed by atoms with van der Waals surface area (Å²) in [6.07, 6.45) is 89.5. The normalized spacial score (nSPS) is 12.7. The number of amides is 1. The largest absolute Gasteiger partial charge is 0.466 e. The minimum Gasteiger partial charge on any atom is -0.466 e. The molecule has 80 heavy (non-hydrogen) atoms. The van der Waals surface area contributed by atoms with Gasteiger partial charge in [-0.2, -0.15) is 0 Å². The van der Waals surface area contributed by atoms with Crippen molar-refractivity contribution >= 4 is 11.9 Å². The summed E-state index contributed by atoms with van der Waals surface area (Å²) in [4.78, 5) is 24.6. The lowest BCUT2D eigenvalue weighted by atomic mass is 10.0. The molecule has 6 heteroatoms. The van der Waals surface area contributed by atoms with Crippen LogP contribution in [0.4, 0.5) is 0 Å². The molecule has 0 aliphatic heterocycles. The first-order valence-corrected chi connectivity index (χ1v) is 36.3. The number of aliphatic hydroxyl groups excluding tert-OH is 2. The van der Waals surface area contributed by atoms with E-state index in [0.29, 0.717) is 19.4 Å². The van der Waals surface area contributed by atoms with Crippen LogP contribution in [0.2, 0.25) is 0 Å². The molecule has 0 spiro atoms. The number of rotatable bonds is 68. The summed E-state index contributed by atoms with van der Waals surface area (Å²) in [5.74, 6) is -0.0500. The Morgan fingerprint density at radius 1 is 0.350 bits per heavy atom. The summed E-state index contributed by atoms with van der Waals surface area (Å²) in [7, 11) is 0. The van der Waals surface area contributed by atoms with E-state index in [1.807, 2.05) is 6.08 Å². The second-order valence-corrected chi connectivity index (χ2v) is 24.9. The van der Waals surface area contributed by atoms with E-state index in [4.69, 9.17) is 4.74 Å². The fourth-order valence-corrected chi connectivity index (χ4v) is 11.4. The molecular formula is C74H141NO5. The van der Waals surface area contributed by atoms with Gasteiger partial charge in [-0.15, -0.1) is 0 Å². The van der Waals surface area contributed by atoms with Crippen LogP contribution in [0, 0.1) is 0 Å². The Morgan fingerprint density at radius 3 is 0.950 bits per heavy atom. The number of carbonyl (C=O) groups excluding carboxylic acids is 2. The van der Waals surface area contributed by atoms with E-state index in [9.17, 15) is 19.8 Å². The average Bonchev–Trinajstić information content (AvgIpc) is 3.46. The number of allylic oxidation sites excluding steroid dienone is 5. The van der Waals surface area contributed by atoms with Gasteiger partial charge in [-0.25, -0.2) is 0 Å². The molecule has 2 unspecified atom stereocenters. The van der Waals surface area contributed by atoms with Crippen LogP contribution >= 0.6 is 0 Å². The zero-order valence-corrected chi connectivity index (χ0v) is 54.1. The highest BCUT2D eigenvalue weighted by atomic mass is 16.5. The second kappa shape index (κ2) is 69.6. The number of unbranched alkanes of at least 4 members (excludes halogenated alkanes) is 53. The maximum absolute atomic E-state index is 12.5. The first-order chi connectivity index (χ1) is 39.5. The van der Waals surface area contributed by atoms with Crippen LogP contribution in [0.15, 0.2) is 36.5 Å². The molecule has 6 nitrogen and oxygen atoms in total. The Balaban J connectivity index is 3.40. The third-order valence-electron chi connectivity index (χ3n) is 16.9. The molecule has 0 bridgehead atoms. The van der Waals surface area contributed by atoms with Crippen molar-refractivity contribution in [2.75, 3.05) is 13.2 Å². The molecule has 0 aromatic rings. The van der Waals surface area contributed by atoms with Crippen molar-refractivity contribution in [2.45, 2.75) is 411 Å². The van der Waals surface area contributed by atoms with Crippen molar-refractivity contribution in [3.8, 4) is 0 Å². The van der Waals surface area contributed by atoms with Gasteiger partial charge < -0.3 is 20.3 Å². The van der Waals surface area contributed by atoms with Crippen molar-refractivity contribution in [3.63, 3.8) is 0 Å². The summed E-state index contributed by atoms with van der Waals surface area (Å²) >= 11 is 0. The molecule has 0 saturated heterocycles. The van der Waals surface area contributed by atoms with Crippen LogP contribution in [0.3, 0.4) is 0 Å². The maximum Gasteiger partial charge on any atom is 0.305 e. The number of hydrogen-bond acceptors (Lipinski definition) is 5. The Hall–Kier alpha value is -1.92. The summed E-state index contributed by atoms with van der Waals surface area (Å²) < 4.78 is 5.51. The lowest BCUT2D eigenvalue weighted by molar-refractivity contribution is -0.143. The molecule has 0 aromatic heterocycles. The van der Waals surface area contributed by atoms with Gasteiger partial charge in [0.25, 0.3) is 0 Å². The van der Waals surface area contributed by atoms with Crippen molar-refractivity contribution < 1.29 is 24.5 Å². The van der Waals surface area contributed by atoms with Crippen LogP contribution in [0.25, 0.3) is 0 Å². The van der Waals surface area contributed by atoms with E-state index in [0.717, 1.165) is 44.9 Å². The monoisotopic (exact) mass is 1120 g/mol. The van der Waals surface area contributed by atoms with Crippen molar-refractivity contribution in [2.24, 2.45) is 0 Å². The summed E-state index contributed by atoms with van der Waals surface area (Å²) in [6.45, 7) is 4.94. The minimum absolute atomic E-state index is 0.0166. The number of nitrogens with one attached hydrogen (secondary N) is 1. The molecule has 0 radical (unpaired) electrons. The highest BCUT2D eigenvalue weighted by molar-refractivity contribution is 5.76. The molecule has 3 N–H and O–H groups in total. The number of carbonyl (C=O) groups is 2. The van der Waals surface area contributed by atoms with Gasteiger partial charge in [-0.3, -0.25) is 9.59 Å². The van der Waals surface area contributed by atoms with Gasteiger partial charge in [0.1, 0.15) is 0 Å². The van der Waals surface area contributed by atoms with Crippen LogP contribution < -0.4 is 5.32 Å². The number of aliphatic hydroxyl groups is 2. The van der Waals surface area contributed by atoms with Gasteiger partial charge in [-0.1, -0.05) is 359 Å². The quantitative estimate of drug-likeness (QED) is 0.0320. The summed E-state index contributed by atoms with van der Waals surface area (Å²) in [5.41, 5.74) is 0. The average molecular weight is 1120 g/mol. The first kappa shape index (κ1) is 78.1. The number of esters is 1. The van der Waals surface area contributed by atoms with E-state index in [2.05, 4.69) is 43.5 Å². The van der Waals surface area contributed by atoms with Gasteiger partial charge in [0.2, 0.25) is 5.91 Å². The fourth-order valence-electron chi connectivity index (χ4n) is 11.4. The Kier molecular flexibility index (Phi) is 67.9. The molecule has 0 rings (SSSR count). The van der Waals surface area contributed by atoms with Crippen LogP contribution in [-0.4, -0.2) is 47.4 Å². The first-order valence-electron chi connectivity index (χ1n) is 36.3. The Bertz CT molecular complexity index is 1300. The Morgan fingerprint density at radius 2 is 0.625 bits per heavy atom. The lowest BCUT2D eigenvalue weighted by Gasteiger charge is -2.20. The SMILES string of the molecule is CCCCCCCCCCCCCCCC/C=C/C(O)C(CO)NC(=O)CCCCCCCCCCCCCCC/C=C\C/C=C\CCCCCCCCCCCOC(=O)CCCCCCCCCCCCCCCCCCCC. The molecule has 0 aromatic carbocycles. The summed E-state index contributed by atoms with van der Waals surface area (Å²) in [6, 6.07) is -0.629. The van der Waals surface area contributed by atoms with Crippen LogP contribution in [0.5, 0.6) is 0 Å². The molecule has 0 fully saturated rings. The molecule has 0 aliphatic rings. The van der Waals surface area contributed by atoms with Gasteiger partial charge in [-0.05, 0) is 64.2 Å². The van der Waals surface area contributed by atoms with Gasteiger partial charge in [0.15, 0.2) is 0 Å². The topological polar surface area (TPSA) is 95.9 Å². The van der Waals surface area contributed by atoms with E-state index < -0.39 is 12.1 Å². The van der Waals surface area contributed by atoms with Crippen molar-refractivity contribution in [3.05, 3.63) is 36.5 Å². The lowest BCUT2D eigenvalue weighted by Crippen LogP contribution is -2.45. The highest BCUT2D eigenvalue weighted by Gasteiger charge is 2.18.